The smallest absolute Gasteiger partial charge is 0.407 e. The third-order valence-corrected chi connectivity index (χ3v) is 6.94. The number of carbonyl (C=O) groups is 7. The summed E-state index contributed by atoms with van der Waals surface area (Å²) in [5.74, 6) is -5.28. The van der Waals surface area contributed by atoms with Crippen molar-refractivity contribution in [2.24, 2.45) is 0 Å². The number of alkyl carbamates (subject to hydrolysis) is 1. The van der Waals surface area contributed by atoms with Gasteiger partial charge in [-0.25, -0.2) is 14.4 Å². The largest absolute Gasteiger partial charge is 0.449 e. The van der Waals surface area contributed by atoms with Gasteiger partial charge in [-0.15, -0.1) is 10.1 Å². The van der Waals surface area contributed by atoms with Crippen LogP contribution in [0.3, 0.4) is 0 Å². The van der Waals surface area contributed by atoms with E-state index in [-0.39, 0.29) is 38.2 Å². The number of rotatable bonds is 9. The summed E-state index contributed by atoms with van der Waals surface area (Å²) in [5.41, 5.74) is 3.98. The number of hydrogen-bond acceptors (Lipinski definition) is 10. The molecule has 1 aliphatic carbocycles. The molecule has 5 amide bonds. The highest BCUT2D eigenvalue weighted by atomic mass is 16.7. The molecule has 2 aromatic rings. The molecule has 1 atom stereocenters. The third-order valence-electron chi connectivity index (χ3n) is 6.94. The Labute approximate surface area is 233 Å². The van der Waals surface area contributed by atoms with Gasteiger partial charge in [-0.05, 0) is 28.7 Å². The van der Waals surface area contributed by atoms with Gasteiger partial charge in [-0.1, -0.05) is 48.5 Å². The monoisotopic (exact) mass is 563 g/mol. The highest BCUT2D eigenvalue weighted by Gasteiger charge is 2.37. The van der Waals surface area contributed by atoms with Crippen LogP contribution >= 0.6 is 0 Å². The van der Waals surface area contributed by atoms with Gasteiger partial charge in [0.05, 0.1) is 6.42 Å². The summed E-state index contributed by atoms with van der Waals surface area (Å²) >= 11 is 0. The maximum absolute atomic E-state index is 12.9. The normalized spacial score (nSPS) is 16.9. The third kappa shape index (κ3) is 5.78. The number of imide groups is 2. The fourth-order valence-corrected chi connectivity index (χ4v) is 4.91. The van der Waals surface area contributed by atoms with Crippen LogP contribution < -0.4 is 5.32 Å². The molecule has 2 aliphatic heterocycles. The molecule has 41 heavy (non-hydrogen) atoms. The van der Waals surface area contributed by atoms with E-state index >= 15 is 0 Å². The Morgan fingerprint density at radius 3 is 1.78 bits per heavy atom. The lowest BCUT2D eigenvalue weighted by Crippen LogP contribution is -2.46. The summed E-state index contributed by atoms with van der Waals surface area (Å²) in [6.45, 7) is -0.0635. The molecule has 0 spiro atoms. The molecule has 0 radical (unpaired) electrons. The molecule has 2 heterocycles. The Morgan fingerprint density at radius 1 is 0.756 bits per heavy atom. The van der Waals surface area contributed by atoms with E-state index in [1.807, 2.05) is 48.5 Å². The average molecular weight is 564 g/mol. The summed E-state index contributed by atoms with van der Waals surface area (Å²) in [7, 11) is 0. The van der Waals surface area contributed by atoms with E-state index in [0.29, 0.717) is 10.1 Å². The maximum atomic E-state index is 12.9. The molecule has 13 nitrogen and oxygen atoms in total. The molecule has 0 aromatic heterocycles. The zero-order valence-corrected chi connectivity index (χ0v) is 21.7. The SMILES string of the molecule is O=C(CC[C@H](NC(=O)OCC1c2ccccc2-c2ccccc21)C(=O)ON1C(=O)CCC1=O)ON1C(=O)CCC1=O. The lowest BCUT2D eigenvalue weighted by atomic mass is 9.98. The molecule has 0 unspecified atom stereocenters. The van der Waals surface area contributed by atoms with Crippen molar-refractivity contribution in [3.63, 3.8) is 0 Å². The fourth-order valence-electron chi connectivity index (χ4n) is 4.91. The zero-order valence-electron chi connectivity index (χ0n) is 21.7. The van der Waals surface area contributed by atoms with Crippen LogP contribution in [0.2, 0.25) is 0 Å². The number of nitrogens with zero attached hydrogens (tertiary/aromatic N) is 2. The van der Waals surface area contributed by atoms with E-state index in [9.17, 15) is 33.6 Å². The summed E-state index contributed by atoms with van der Waals surface area (Å²) in [6.07, 6.45) is -2.41. The van der Waals surface area contributed by atoms with Crippen LogP contribution in [-0.2, 0) is 43.2 Å². The van der Waals surface area contributed by atoms with Crippen LogP contribution in [0.1, 0.15) is 55.6 Å². The molecule has 2 fully saturated rings. The van der Waals surface area contributed by atoms with Gasteiger partial charge < -0.3 is 19.7 Å². The maximum Gasteiger partial charge on any atom is 0.407 e. The van der Waals surface area contributed by atoms with Crippen molar-refractivity contribution in [2.45, 2.75) is 50.5 Å². The number of ether oxygens (including phenoxy) is 1. The van der Waals surface area contributed by atoms with Crippen LogP contribution in [0, 0.1) is 0 Å². The summed E-state index contributed by atoms with van der Waals surface area (Å²) in [6, 6.07) is 13.9. The Balaban J connectivity index is 1.24. The first kappa shape index (κ1) is 27.5. The van der Waals surface area contributed by atoms with Crippen molar-refractivity contribution in [1.29, 1.82) is 0 Å². The van der Waals surface area contributed by atoms with Crippen LogP contribution in [0.15, 0.2) is 48.5 Å². The molecule has 1 N–H and O–H groups in total. The Hall–Kier alpha value is -5.07. The number of fused-ring (bicyclic) bond motifs is 3. The highest BCUT2D eigenvalue weighted by Crippen LogP contribution is 2.44. The number of hydrogen-bond donors (Lipinski definition) is 1. The summed E-state index contributed by atoms with van der Waals surface area (Å²) in [5, 5.41) is 2.99. The Morgan fingerprint density at radius 2 is 1.24 bits per heavy atom. The first-order chi connectivity index (χ1) is 19.7. The molecule has 13 heteroatoms. The lowest BCUT2D eigenvalue weighted by Gasteiger charge is -2.21. The van der Waals surface area contributed by atoms with Gasteiger partial charge in [0.15, 0.2) is 0 Å². The minimum Gasteiger partial charge on any atom is -0.449 e. The summed E-state index contributed by atoms with van der Waals surface area (Å²) < 4.78 is 5.46. The molecule has 3 aliphatic rings. The van der Waals surface area contributed by atoms with Crippen molar-refractivity contribution < 1.29 is 48.0 Å². The molecular formula is C28H25N3O10. The van der Waals surface area contributed by atoms with E-state index in [4.69, 9.17) is 14.4 Å². The minimum atomic E-state index is -1.54. The molecule has 2 saturated heterocycles. The predicted octanol–water partition coefficient (Wildman–Crippen LogP) is 1.89. The van der Waals surface area contributed by atoms with E-state index in [2.05, 4.69) is 5.32 Å². The van der Waals surface area contributed by atoms with Gasteiger partial charge >= 0.3 is 18.0 Å². The second-order valence-electron chi connectivity index (χ2n) is 9.60. The lowest BCUT2D eigenvalue weighted by molar-refractivity contribution is -0.200. The minimum absolute atomic E-state index is 0.0635. The molecule has 212 valence electrons. The quantitative estimate of drug-likeness (QED) is 0.445. The van der Waals surface area contributed by atoms with Crippen LogP contribution in [0.5, 0.6) is 0 Å². The molecule has 0 bridgehead atoms. The van der Waals surface area contributed by atoms with Crippen LogP contribution in [-0.4, -0.2) is 64.4 Å². The number of benzene rings is 2. The van der Waals surface area contributed by atoms with E-state index < -0.39 is 60.5 Å². The molecular weight excluding hydrogens is 538 g/mol. The number of carbonyl (C=O) groups excluding carboxylic acids is 7. The fraction of sp³-hybridized carbons (Fsp3) is 0.321. The second kappa shape index (κ2) is 11.6. The van der Waals surface area contributed by atoms with Crippen molar-refractivity contribution in [2.75, 3.05) is 6.61 Å². The van der Waals surface area contributed by atoms with Gasteiger partial charge in [0.25, 0.3) is 23.6 Å². The zero-order chi connectivity index (χ0) is 29.1. The van der Waals surface area contributed by atoms with E-state index in [1.54, 1.807) is 0 Å². The van der Waals surface area contributed by atoms with E-state index in [1.165, 1.54) is 0 Å². The van der Waals surface area contributed by atoms with Gasteiger partial charge in [0.2, 0.25) is 0 Å². The van der Waals surface area contributed by atoms with Crippen LogP contribution in [0.25, 0.3) is 11.1 Å². The highest BCUT2D eigenvalue weighted by molar-refractivity contribution is 6.02. The molecule has 5 rings (SSSR count). The van der Waals surface area contributed by atoms with Crippen molar-refractivity contribution >= 4 is 41.7 Å². The van der Waals surface area contributed by atoms with Gasteiger partial charge in [0.1, 0.15) is 12.6 Å². The summed E-state index contributed by atoms with van der Waals surface area (Å²) in [4.78, 5) is 94.9. The number of nitrogens with one attached hydrogen (secondary N) is 1. The van der Waals surface area contributed by atoms with E-state index in [0.717, 1.165) is 22.3 Å². The van der Waals surface area contributed by atoms with Crippen molar-refractivity contribution in [3.05, 3.63) is 59.7 Å². The topological polar surface area (TPSA) is 166 Å². The molecule has 0 saturated carbocycles. The van der Waals surface area contributed by atoms with Gasteiger partial charge in [-0.2, -0.15) is 0 Å². The number of hydroxylamine groups is 4. The number of amides is 5. The Kier molecular flexibility index (Phi) is 7.77. The van der Waals surface area contributed by atoms with Crippen molar-refractivity contribution in [1.82, 2.24) is 15.4 Å². The average Bonchev–Trinajstić information content (AvgIpc) is 3.58. The van der Waals surface area contributed by atoms with Crippen molar-refractivity contribution in [3.8, 4) is 11.1 Å². The second-order valence-corrected chi connectivity index (χ2v) is 9.60. The van der Waals surface area contributed by atoms with Gasteiger partial charge in [0, 0.05) is 31.6 Å². The van der Waals surface area contributed by atoms with Crippen LogP contribution in [0.4, 0.5) is 4.79 Å². The standard InChI is InChI=1S/C28H25N3O10/c32-22-10-11-23(33)30(22)40-26(36)14-9-21(27(37)41-31-24(34)12-13-25(31)35)29-28(38)39-15-20-18-7-3-1-5-16(18)17-6-2-4-8-19(17)20/h1-8,20-21H,9-15H2,(H,29,38)/t21-/m0/s1. The van der Waals surface area contributed by atoms with Gasteiger partial charge in [-0.3, -0.25) is 19.2 Å². The predicted molar refractivity (Wildman–Crippen MR) is 136 cm³/mol. The molecule has 2 aromatic carbocycles. The Bertz CT molecular complexity index is 1380. The first-order valence-electron chi connectivity index (χ1n) is 13.0. The first-order valence-corrected chi connectivity index (χ1v) is 13.0.